The summed E-state index contributed by atoms with van der Waals surface area (Å²) in [5.74, 6) is 0.246. The zero-order valence-electron chi connectivity index (χ0n) is 9.20. The quantitative estimate of drug-likeness (QED) is 0.779. The summed E-state index contributed by atoms with van der Waals surface area (Å²) in [5.41, 5.74) is 11.4. The van der Waals surface area contributed by atoms with Crippen molar-refractivity contribution in [2.75, 3.05) is 11.1 Å². The average molecular weight is 287 g/mol. The van der Waals surface area contributed by atoms with Crippen LogP contribution in [-0.2, 0) is 4.79 Å². The topological polar surface area (TPSA) is 94.0 Å². The van der Waals surface area contributed by atoms with Crippen LogP contribution >= 0.6 is 15.9 Å². The number of pyridine rings is 1. The molecule has 16 heavy (non-hydrogen) atoms. The second-order valence-corrected chi connectivity index (χ2v) is 4.72. The molecule has 0 spiro atoms. The van der Waals surface area contributed by atoms with Crippen molar-refractivity contribution in [3.8, 4) is 0 Å². The highest BCUT2D eigenvalue weighted by atomic mass is 79.9. The molecule has 1 aromatic rings. The lowest BCUT2D eigenvalue weighted by Gasteiger charge is -2.20. The minimum atomic E-state index is -0.451. The zero-order chi connectivity index (χ0) is 12.3. The molecule has 6 heteroatoms. The number of hydrogen-bond acceptors (Lipinski definition) is 4. The van der Waals surface area contributed by atoms with Crippen molar-refractivity contribution in [1.82, 2.24) is 4.98 Å². The third-order valence-corrected chi connectivity index (χ3v) is 2.73. The summed E-state index contributed by atoms with van der Waals surface area (Å²) in [7, 11) is 0. The number of nitrogens with zero attached hydrogens (tertiary/aromatic N) is 1. The Kier molecular flexibility index (Phi) is 4.12. The summed E-state index contributed by atoms with van der Waals surface area (Å²) >= 11 is 3.32. The molecule has 5 N–H and O–H groups in total. The largest absolute Gasteiger partial charge is 0.397 e. The molecule has 5 nitrogen and oxygen atoms in total. The van der Waals surface area contributed by atoms with E-state index in [0.717, 1.165) is 0 Å². The molecular weight excluding hydrogens is 272 g/mol. The van der Waals surface area contributed by atoms with Crippen LogP contribution in [0.15, 0.2) is 16.7 Å². The zero-order valence-corrected chi connectivity index (χ0v) is 10.8. The van der Waals surface area contributed by atoms with Gasteiger partial charge in [-0.1, -0.05) is 13.8 Å². The maximum absolute atomic E-state index is 11.2. The van der Waals surface area contributed by atoms with Crippen molar-refractivity contribution in [2.45, 2.75) is 19.9 Å². The van der Waals surface area contributed by atoms with Crippen LogP contribution in [0.25, 0.3) is 0 Å². The molecule has 0 bridgehead atoms. The van der Waals surface area contributed by atoms with Crippen LogP contribution in [-0.4, -0.2) is 16.9 Å². The Morgan fingerprint density at radius 2 is 2.19 bits per heavy atom. The lowest BCUT2D eigenvalue weighted by molar-refractivity contribution is -0.119. The minimum Gasteiger partial charge on any atom is -0.397 e. The smallest absolute Gasteiger partial charge is 0.240 e. The van der Waals surface area contributed by atoms with Gasteiger partial charge in [-0.3, -0.25) is 4.79 Å². The van der Waals surface area contributed by atoms with Crippen LogP contribution in [0.1, 0.15) is 13.8 Å². The molecule has 0 radical (unpaired) electrons. The van der Waals surface area contributed by atoms with Crippen LogP contribution < -0.4 is 16.8 Å². The van der Waals surface area contributed by atoms with E-state index in [9.17, 15) is 4.79 Å². The van der Waals surface area contributed by atoms with Crippen molar-refractivity contribution in [1.29, 1.82) is 0 Å². The van der Waals surface area contributed by atoms with Gasteiger partial charge in [-0.25, -0.2) is 4.98 Å². The van der Waals surface area contributed by atoms with Crippen LogP contribution in [0.3, 0.4) is 0 Å². The van der Waals surface area contributed by atoms with Gasteiger partial charge in [0.1, 0.15) is 11.9 Å². The Hall–Kier alpha value is -1.30. The van der Waals surface area contributed by atoms with Gasteiger partial charge in [-0.15, -0.1) is 0 Å². The van der Waals surface area contributed by atoms with Gasteiger partial charge in [-0.05, 0) is 27.9 Å². The lowest BCUT2D eigenvalue weighted by Crippen LogP contribution is -2.39. The first kappa shape index (κ1) is 12.8. The second kappa shape index (κ2) is 5.16. The summed E-state index contributed by atoms with van der Waals surface area (Å²) in [6.07, 6.45) is 1.52. The number of nitrogen functional groups attached to an aromatic ring is 1. The number of halogens is 1. The molecule has 1 heterocycles. The number of nitrogens with one attached hydrogen (secondary N) is 1. The molecule has 0 saturated carbocycles. The minimum absolute atomic E-state index is 0.0868. The first-order valence-electron chi connectivity index (χ1n) is 4.88. The van der Waals surface area contributed by atoms with Gasteiger partial charge in [0.25, 0.3) is 0 Å². The summed E-state index contributed by atoms with van der Waals surface area (Å²) in [4.78, 5) is 15.3. The SMILES string of the molecule is CC(C)C(Nc1ncc(N)cc1Br)C(N)=O. The monoisotopic (exact) mass is 286 g/mol. The van der Waals surface area contributed by atoms with Crippen LogP contribution in [0.2, 0.25) is 0 Å². The van der Waals surface area contributed by atoms with E-state index >= 15 is 0 Å². The van der Waals surface area contributed by atoms with Crippen LogP contribution in [0, 0.1) is 5.92 Å². The van der Waals surface area contributed by atoms with E-state index in [-0.39, 0.29) is 5.92 Å². The molecule has 1 atom stereocenters. The van der Waals surface area contributed by atoms with E-state index in [1.165, 1.54) is 6.20 Å². The summed E-state index contributed by atoms with van der Waals surface area (Å²) in [6, 6.07) is 1.26. The normalized spacial score (nSPS) is 12.5. The van der Waals surface area contributed by atoms with E-state index in [1.54, 1.807) is 6.07 Å². The van der Waals surface area contributed by atoms with E-state index in [0.29, 0.717) is 16.0 Å². The number of carbonyl (C=O) groups is 1. The summed E-state index contributed by atoms with van der Waals surface area (Å²) in [5, 5.41) is 2.99. The van der Waals surface area contributed by atoms with Crippen molar-refractivity contribution in [3.63, 3.8) is 0 Å². The molecule has 1 amide bonds. The standard InChI is InChI=1S/C10H15BrN4O/c1-5(2)8(9(13)16)15-10-7(11)3-6(12)4-14-10/h3-5,8H,12H2,1-2H3,(H2,13,16)(H,14,15). The Morgan fingerprint density at radius 1 is 1.56 bits per heavy atom. The first-order chi connectivity index (χ1) is 7.41. The fourth-order valence-electron chi connectivity index (χ4n) is 1.27. The number of nitrogens with two attached hydrogens (primary N) is 2. The fourth-order valence-corrected chi connectivity index (χ4v) is 1.75. The number of aromatic nitrogens is 1. The Balaban J connectivity index is 2.90. The third-order valence-electron chi connectivity index (χ3n) is 2.13. The van der Waals surface area contributed by atoms with E-state index in [2.05, 4.69) is 26.2 Å². The van der Waals surface area contributed by atoms with Gasteiger partial charge >= 0.3 is 0 Å². The van der Waals surface area contributed by atoms with Crippen molar-refractivity contribution in [2.24, 2.45) is 11.7 Å². The molecular formula is C10H15BrN4O. The summed E-state index contributed by atoms with van der Waals surface area (Å²) < 4.78 is 0.708. The Morgan fingerprint density at radius 3 is 2.62 bits per heavy atom. The molecule has 1 aromatic heterocycles. The van der Waals surface area contributed by atoms with E-state index in [1.807, 2.05) is 13.8 Å². The predicted molar refractivity (Wildman–Crippen MR) is 67.8 cm³/mol. The van der Waals surface area contributed by atoms with Gasteiger partial charge < -0.3 is 16.8 Å². The van der Waals surface area contributed by atoms with E-state index < -0.39 is 11.9 Å². The van der Waals surface area contributed by atoms with Gasteiger partial charge in [-0.2, -0.15) is 0 Å². The number of anilines is 2. The van der Waals surface area contributed by atoms with Gasteiger partial charge in [0.05, 0.1) is 16.4 Å². The Labute approximate surface area is 103 Å². The Bertz CT molecular complexity index is 394. The number of carbonyl (C=O) groups excluding carboxylic acids is 1. The van der Waals surface area contributed by atoms with Gasteiger partial charge in [0.2, 0.25) is 5.91 Å². The number of rotatable bonds is 4. The molecule has 1 unspecified atom stereocenters. The highest BCUT2D eigenvalue weighted by molar-refractivity contribution is 9.10. The molecule has 0 fully saturated rings. The van der Waals surface area contributed by atoms with Crippen LogP contribution in [0.5, 0.6) is 0 Å². The van der Waals surface area contributed by atoms with Crippen LogP contribution in [0.4, 0.5) is 11.5 Å². The maximum Gasteiger partial charge on any atom is 0.240 e. The number of hydrogen-bond donors (Lipinski definition) is 3. The molecule has 0 aliphatic carbocycles. The maximum atomic E-state index is 11.2. The third kappa shape index (κ3) is 3.10. The van der Waals surface area contributed by atoms with Crippen molar-refractivity contribution in [3.05, 3.63) is 16.7 Å². The van der Waals surface area contributed by atoms with Crippen molar-refractivity contribution >= 4 is 33.3 Å². The highest BCUT2D eigenvalue weighted by Crippen LogP contribution is 2.23. The molecule has 0 aliphatic rings. The fraction of sp³-hybridized carbons (Fsp3) is 0.400. The van der Waals surface area contributed by atoms with Crippen molar-refractivity contribution < 1.29 is 4.79 Å². The molecule has 1 rings (SSSR count). The second-order valence-electron chi connectivity index (χ2n) is 3.87. The number of amides is 1. The molecule has 0 aliphatic heterocycles. The lowest BCUT2D eigenvalue weighted by atomic mass is 10.0. The average Bonchev–Trinajstić information content (AvgIpc) is 2.15. The highest BCUT2D eigenvalue weighted by Gasteiger charge is 2.20. The molecule has 0 aromatic carbocycles. The summed E-state index contributed by atoms with van der Waals surface area (Å²) in [6.45, 7) is 3.82. The predicted octanol–water partition coefficient (Wildman–Crippen LogP) is 1.35. The van der Waals surface area contributed by atoms with Gasteiger partial charge in [0, 0.05) is 0 Å². The first-order valence-corrected chi connectivity index (χ1v) is 5.68. The van der Waals surface area contributed by atoms with E-state index in [4.69, 9.17) is 11.5 Å². The van der Waals surface area contributed by atoms with Gasteiger partial charge in [0.15, 0.2) is 0 Å². The molecule has 88 valence electrons. The number of primary amides is 1. The molecule has 0 saturated heterocycles.